The van der Waals surface area contributed by atoms with Crippen LogP contribution in [0.5, 0.6) is 0 Å². The number of rotatable bonds is 5. The van der Waals surface area contributed by atoms with Gasteiger partial charge >= 0.3 is 0 Å². The molecule has 0 spiro atoms. The molecule has 0 aliphatic rings. The molecule has 0 aliphatic heterocycles. The molecule has 3 rings (SSSR count). The molecule has 4 nitrogen and oxygen atoms in total. The zero-order chi connectivity index (χ0) is 17.8. The highest BCUT2D eigenvalue weighted by atomic mass is 35.5. The summed E-state index contributed by atoms with van der Waals surface area (Å²) in [7, 11) is 1.94. The van der Waals surface area contributed by atoms with Crippen molar-refractivity contribution in [2.45, 2.75) is 12.1 Å². The summed E-state index contributed by atoms with van der Waals surface area (Å²) in [5.41, 5.74) is 3.95. The first-order chi connectivity index (χ1) is 12.0. The van der Waals surface area contributed by atoms with Crippen LogP contribution in [0.4, 0.5) is 5.69 Å². The predicted octanol–water partition coefficient (Wildman–Crippen LogP) is 4.78. The molecule has 0 bridgehead atoms. The van der Waals surface area contributed by atoms with E-state index in [0.717, 1.165) is 27.7 Å². The number of aromatic nitrogens is 2. The van der Waals surface area contributed by atoms with E-state index in [4.69, 9.17) is 11.6 Å². The summed E-state index contributed by atoms with van der Waals surface area (Å²) in [6.07, 6.45) is 1.81. The van der Waals surface area contributed by atoms with E-state index < -0.39 is 0 Å². The Kier molecular flexibility index (Phi) is 5.46. The summed E-state index contributed by atoms with van der Waals surface area (Å²) in [6.45, 7) is 2.00. The van der Waals surface area contributed by atoms with Crippen molar-refractivity contribution < 1.29 is 4.79 Å². The van der Waals surface area contributed by atoms with Crippen molar-refractivity contribution in [1.29, 1.82) is 0 Å². The smallest absolute Gasteiger partial charge is 0.234 e. The molecule has 1 heterocycles. The molecular weight excluding hydrogens is 354 g/mol. The predicted molar refractivity (Wildman–Crippen MR) is 104 cm³/mol. The average Bonchev–Trinajstić information content (AvgIpc) is 2.94. The Morgan fingerprint density at radius 3 is 2.72 bits per heavy atom. The fourth-order valence-electron chi connectivity index (χ4n) is 2.47. The van der Waals surface area contributed by atoms with Gasteiger partial charge in [0, 0.05) is 17.8 Å². The van der Waals surface area contributed by atoms with Gasteiger partial charge in [-0.25, -0.2) is 4.98 Å². The minimum atomic E-state index is -0.0494. The minimum absolute atomic E-state index is 0.0494. The number of amides is 1. The summed E-state index contributed by atoms with van der Waals surface area (Å²) in [4.78, 5) is 16.6. The third-order valence-electron chi connectivity index (χ3n) is 3.72. The lowest BCUT2D eigenvalue weighted by molar-refractivity contribution is -0.113. The summed E-state index contributed by atoms with van der Waals surface area (Å²) >= 11 is 7.34. The zero-order valence-corrected chi connectivity index (χ0v) is 15.6. The molecule has 6 heteroatoms. The van der Waals surface area contributed by atoms with Crippen LogP contribution in [-0.2, 0) is 11.8 Å². The number of nitrogens with zero attached hydrogens (tertiary/aromatic N) is 2. The SMILES string of the molecule is Cc1cccc(NC(=O)CSc2ncc(-c3ccc(Cl)cc3)n2C)c1. The Hall–Kier alpha value is -2.24. The minimum Gasteiger partial charge on any atom is -0.325 e. The first-order valence-electron chi connectivity index (χ1n) is 7.80. The number of imidazole rings is 1. The molecule has 2 aromatic carbocycles. The average molecular weight is 372 g/mol. The second-order valence-electron chi connectivity index (χ2n) is 5.70. The third kappa shape index (κ3) is 4.44. The molecule has 0 radical (unpaired) electrons. The maximum Gasteiger partial charge on any atom is 0.234 e. The molecule has 3 aromatic rings. The van der Waals surface area contributed by atoms with E-state index in [1.807, 2.05) is 73.3 Å². The standard InChI is InChI=1S/C19H18ClN3OS/c1-13-4-3-5-16(10-13)22-18(24)12-25-19-21-11-17(23(19)2)14-6-8-15(20)9-7-14/h3-11H,12H2,1-2H3,(H,22,24). The van der Waals surface area contributed by atoms with Crippen molar-refractivity contribution in [3.63, 3.8) is 0 Å². The second kappa shape index (κ2) is 7.76. The Labute approximate surface area is 156 Å². The number of carbonyl (C=O) groups is 1. The van der Waals surface area contributed by atoms with Gasteiger partial charge in [0.1, 0.15) is 0 Å². The number of nitrogens with one attached hydrogen (secondary N) is 1. The molecule has 0 unspecified atom stereocenters. The Morgan fingerprint density at radius 1 is 1.24 bits per heavy atom. The summed E-state index contributed by atoms with van der Waals surface area (Å²) in [5, 5.41) is 4.40. The molecule has 1 amide bonds. The molecule has 0 saturated carbocycles. The van der Waals surface area contributed by atoms with Crippen LogP contribution in [0.2, 0.25) is 5.02 Å². The van der Waals surface area contributed by atoms with Crippen LogP contribution >= 0.6 is 23.4 Å². The lowest BCUT2D eigenvalue weighted by Gasteiger charge is -2.07. The van der Waals surface area contributed by atoms with Crippen LogP contribution in [0.3, 0.4) is 0 Å². The molecule has 0 aliphatic carbocycles. The van der Waals surface area contributed by atoms with E-state index in [-0.39, 0.29) is 5.91 Å². The molecule has 0 fully saturated rings. The Balaban J connectivity index is 1.64. The van der Waals surface area contributed by atoms with Gasteiger partial charge < -0.3 is 9.88 Å². The van der Waals surface area contributed by atoms with Crippen LogP contribution in [-0.4, -0.2) is 21.2 Å². The van der Waals surface area contributed by atoms with Crippen molar-refractivity contribution in [3.8, 4) is 11.3 Å². The van der Waals surface area contributed by atoms with Crippen molar-refractivity contribution in [2.24, 2.45) is 7.05 Å². The first kappa shape index (κ1) is 17.6. The van der Waals surface area contributed by atoms with Gasteiger partial charge in [0.05, 0.1) is 17.6 Å². The van der Waals surface area contributed by atoms with Crippen molar-refractivity contribution in [1.82, 2.24) is 9.55 Å². The second-order valence-corrected chi connectivity index (χ2v) is 7.08. The number of thioether (sulfide) groups is 1. The van der Waals surface area contributed by atoms with E-state index in [1.54, 1.807) is 0 Å². The molecular formula is C19H18ClN3OS. The van der Waals surface area contributed by atoms with Crippen LogP contribution in [0.1, 0.15) is 5.56 Å². The first-order valence-corrected chi connectivity index (χ1v) is 9.16. The largest absolute Gasteiger partial charge is 0.325 e. The number of benzene rings is 2. The number of anilines is 1. The van der Waals surface area contributed by atoms with E-state index in [0.29, 0.717) is 10.8 Å². The number of hydrogen-bond acceptors (Lipinski definition) is 3. The summed E-state index contributed by atoms with van der Waals surface area (Å²) in [5.74, 6) is 0.255. The highest BCUT2D eigenvalue weighted by Crippen LogP contribution is 2.26. The number of carbonyl (C=O) groups excluding carboxylic acids is 1. The van der Waals surface area contributed by atoms with Crippen LogP contribution in [0, 0.1) is 6.92 Å². The maximum absolute atomic E-state index is 12.1. The van der Waals surface area contributed by atoms with Crippen LogP contribution in [0.25, 0.3) is 11.3 Å². The van der Waals surface area contributed by atoms with E-state index >= 15 is 0 Å². The van der Waals surface area contributed by atoms with Crippen molar-refractivity contribution in [3.05, 3.63) is 65.3 Å². The van der Waals surface area contributed by atoms with E-state index in [9.17, 15) is 4.79 Å². The molecule has 25 heavy (non-hydrogen) atoms. The van der Waals surface area contributed by atoms with E-state index in [2.05, 4.69) is 10.3 Å². The monoisotopic (exact) mass is 371 g/mol. The number of halogens is 1. The molecule has 1 aromatic heterocycles. The third-order valence-corrected chi connectivity index (χ3v) is 5.02. The van der Waals surface area contributed by atoms with Gasteiger partial charge in [0.2, 0.25) is 5.91 Å². The molecule has 0 atom stereocenters. The fraction of sp³-hybridized carbons (Fsp3) is 0.158. The fourth-order valence-corrected chi connectivity index (χ4v) is 3.34. The molecule has 1 N–H and O–H groups in total. The quantitative estimate of drug-likeness (QED) is 0.656. The summed E-state index contributed by atoms with van der Waals surface area (Å²) in [6, 6.07) is 15.4. The normalized spacial score (nSPS) is 10.7. The topological polar surface area (TPSA) is 46.9 Å². The Bertz CT molecular complexity index is 890. The highest BCUT2D eigenvalue weighted by Gasteiger charge is 2.11. The van der Waals surface area contributed by atoms with Gasteiger partial charge in [-0.3, -0.25) is 4.79 Å². The van der Waals surface area contributed by atoms with Gasteiger partial charge in [-0.2, -0.15) is 0 Å². The maximum atomic E-state index is 12.1. The van der Waals surface area contributed by atoms with Gasteiger partial charge in [0.15, 0.2) is 5.16 Å². The lowest BCUT2D eigenvalue weighted by Crippen LogP contribution is -2.14. The van der Waals surface area contributed by atoms with Gasteiger partial charge in [-0.05, 0) is 42.3 Å². The molecule has 0 saturated heterocycles. The van der Waals surface area contributed by atoms with Gasteiger partial charge in [0.25, 0.3) is 0 Å². The van der Waals surface area contributed by atoms with Gasteiger partial charge in [-0.1, -0.05) is 47.6 Å². The lowest BCUT2D eigenvalue weighted by atomic mass is 10.2. The zero-order valence-electron chi connectivity index (χ0n) is 14.0. The number of hydrogen-bond donors (Lipinski definition) is 1. The van der Waals surface area contributed by atoms with Crippen molar-refractivity contribution >= 4 is 35.0 Å². The highest BCUT2D eigenvalue weighted by molar-refractivity contribution is 7.99. The molecule has 128 valence electrons. The van der Waals surface area contributed by atoms with Crippen LogP contribution in [0.15, 0.2) is 59.9 Å². The van der Waals surface area contributed by atoms with Crippen LogP contribution < -0.4 is 5.32 Å². The summed E-state index contributed by atoms with van der Waals surface area (Å²) < 4.78 is 1.98. The van der Waals surface area contributed by atoms with Gasteiger partial charge in [-0.15, -0.1) is 0 Å². The Morgan fingerprint density at radius 2 is 2.00 bits per heavy atom. The van der Waals surface area contributed by atoms with E-state index in [1.165, 1.54) is 11.8 Å². The number of aryl methyl sites for hydroxylation is 1. The van der Waals surface area contributed by atoms with Crippen molar-refractivity contribution in [2.75, 3.05) is 11.1 Å².